The summed E-state index contributed by atoms with van der Waals surface area (Å²) in [6.07, 6.45) is 10.1. The maximum atomic E-state index is 13.3. The highest BCUT2D eigenvalue weighted by Crippen LogP contribution is 2.39. The first kappa shape index (κ1) is 28.5. The van der Waals surface area contributed by atoms with Gasteiger partial charge in [0.25, 0.3) is 0 Å². The van der Waals surface area contributed by atoms with E-state index in [1.807, 2.05) is 24.1 Å². The Morgan fingerprint density at radius 3 is 2.69 bits per heavy atom. The van der Waals surface area contributed by atoms with Crippen LogP contribution in [0.2, 0.25) is 10.0 Å². The molecule has 3 unspecified atom stereocenters. The van der Waals surface area contributed by atoms with Gasteiger partial charge in [-0.05, 0) is 44.7 Å². The Bertz CT molecular complexity index is 776. The highest BCUT2D eigenvalue weighted by molar-refractivity contribution is 6.42. The molecule has 3 rings (SSSR count). The molecule has 0 spiro atoms. The number of hydrogen-bond donors (Lipinski definition) is 2. The van der Waals surface area contributed by atoms with Crippen molar-refractivity contribution in [3.8, 4) is 0 Å². The third-order valence-corrected chi connectivity index (χ3v) is 8.21. The minimum absolute atomic E-state index is 0.0288. The Morgan fingerprint density at radius 2 is 1.94 bits per heavy atom. The first-order valence-corrected chi connectivity index (χ1v) is 14.0. The second-order valence-corrected chi connectivity index (χ2v) is 10.9. The fourth-order valence-electron chi connectivity index (χ4n) is 5.61. The zero-order valence-corrected chi connectivity index (χ0v) is 22.9. The summed E-state index contributed by atoms with van der Waals surface area (Å²) in [6, 6.07) is 5.88. The van der Waals surface area contributed by atoms with Crippen LogP contribution in [0, 0.1) is 11.8 Å². The third kappa shape index (κ3) is 8.78. The van der Waals surface area contributed by atoms with E-state index < -0.39 is 0 Å². The fraction of sp³-hybridized carbons (Fsp3) is 0.741. The van der Waals surface area contributed by atoms with E-state index in [1.54, 1.807) is 13.2 Å². The molecule has 35 heavy (non-hydrogen) atoms. The molecular formula is C27H43Cl2N3O3. The molecule has 2 fully saturated rings. The Labute approximate surface area is 221 Å². The maximum absolute atomic E-state index is 13.3. The molecule has 6 nitrogen and oxygen atoms in total. The van der Waals surface area contributed by atoms with Gasteiger partial charge in [0.15, 0.2) is 0 Å². The van der Waals surface area contributed by atoms with Crippen LogP contribution in [0.15, 0.2) is 18.2 Å². The van der Waals surface area contributed by atoms with Gasteiger partial charge in [-0.3, -0.25) is 0 Å². The molecule has 1 saturated heterocycles. The molecule has 8 heteroatoms. The number of likely N-dealkylation sites (N-methyl/N-ethyl adjacent to an activating group) is 1. The first-order chi connectivity index (χ1) is 17.0. The molecule has 1 heterocycles. The third-order valence-electron chi connectivity index (χ3n) is 7.37. The van der Waals surface area contributed by atoms with Crippen LogP contribution in [-0.2, 0) is 9.47 Å². The number of nitrogens with one attached hydrogen (secondary N) is 2. The zero-order valence-electron chi connectivity index (χ0n) is 21.4. The van der Waals surface area contributed by atoms with Gasteiger partial charge in [-0.1, -0.05) is 67.4 Å². The summed E-state index contributed by atoms with van der Waals surface area (Å²) in [4.78, 5) is 15.3. The number of methoxy groups -OCH3 is 1. The number of carbonyl (C=O) groups excluding carboxylic acids is 1. The second-order valence-electron chi connectivity index (χ2n) is 10.1. The van der Waals surface area contributed by atoms with Gasteiger partial charge in [-0.15, -0.1) is 0 Å². The Balaban J connectivity index is 1.66. The van der Waals surface area contributed by atoms with E-state index in [9.17, 15) is 4.79 Å². The van der Waals surface area contributed by atoms with Crippen molar-refractivity contribution in [2.45, 2.75) is 69.9 Å². The summed E-state index contributed by atoms with van der Waals surface area (Å²) in [5.41, 5.74) is 0.897. The van der Waals surface area contributed by atoms with Gasteiger partial charge in [-0.25, -0.2) is 4.79 Å². The van der Waals surface area contributed by atoms with Crippen LogP contribution in [0.5, 0.6) is 0 Å². The Morgan fingerprint density at radius 1 is 1.14 bits per heavy atom. The summed E-state index contributed by atoms with van der Waals surface area (Å²) in [6.45, 7) is 3.40. The van der Waals surface area contributed by atoms with Crippen molar-refractivity contribution in [3.05, 3.63) is 33.8 Å². The molecule has 1 aromatic carbocycles. The molecule has 2 aliphatic rings. The van der Waals surface area contributed by atoms with E-state index in [0.717, 1.165) is 44.3 Å². The highest BCUT2D eigenvalue weighted by Gasteiger charge is 2.33. The van der Waals surface area contributed by atoms with Crippen molar-refractivity contribution in [2.24, 2.45) is 11.8 Å². The molecule has 1 aromatic rings. The SMILES string of the molecule is CNCC(CC1CCCCC1)NC(=O)N1CCCC(C(OCCCOC)c2cccc(Cl)c2Cl)C1. The smallest absolute Gasteiger partial charge is 0.317 e. The van der Waals surface area contributed by atoms with Crippen LogP contribution < -0.4 is 10.6 Å². The lowest BCUT2D eigenvalue weighted by atomic mass is 9.85. The van der Waals surface area contributed by atoms with Gasteiger partial charge in [0.05, 0.1) is 16.1 Å². The van der Waals surface area contributed by atoms with E-state index >= 15 is 0 Å². The minimum Gasteiger partial charge on any atom is -0.385 e. The van der Waals surface area contributed by atoms with E-state index in [0.29, 0.717) is 35.7 Å². The number of nitrogens with zero attached hydrogens (tertiary/aromatic N) is 1. The molecule has 0 aromatic heterocycles. The van der Waals surface area contributed by atoms with E-state index in [-0.39, 0.29) is 24.1 Å². The molecule has 0 bridgehead atoms. The molecule has 0 radical (unpaired) electrons. The molecule has 3 atom stereocenters. The van der Waals surface area contributed by atoms with Crippen molar-refractivity contribution in [2.75, 3.05) is 47.0 Å². The lowest BCUT2D eigenvalue weighted by Crippen LogP contribution is -2.52. The number of hydrogen-bond acceptors (Lipinski definition) is 4. The molecule has 2 amide bonds. The lowest BCUT2D eigenvalue weighted by Gasteiger charge is -2.38. The number of rotatable bonds is 12. The van der Waals surface area contributed by atoms with Gasteiger partial charge < -0.3 is 25.0 Å². The largest absolute Gasteiger partial charge is 0.385 e. The number of amides is 2. The molecule has 1 saturated carbocycles. The quantitative estimate of drug-likeness (QED) is 0.324. The average molecular weight is 529 g/mol. The minimum atomic E-state index is -0.219. The van der Waals surface area contributed by atoms with E-state index in [4.69, 9.17) is 32.7 Å². The summed E-state index contributed by atoms with van der Waals surface area (Å²) in [5.74, 6) is 0.862. The van der Waals surface area contributed by atoms with Crippen molar-refractivity contribution >= 4 is 29.2 Å². The van der Waals surface area contributed by atoms with Crippen molar-refractivity contribution in [1.29, 1.82) is 0 Å². The van der Waals surface area contributed by atoms with Gasteiger partial charge >= 0.3 is 6.03 Å². The second kappa shape index (κ2) is 15.3. The number of likely N-dealkylation sites (tertiary alicyclic amines) is 1. The zero-order chi connectivity index (χ0) is 25.0. The normalized spacial score (nSPS) is 21.0. The standard InChI is InChI=1S/C27H43Cl2N3O3/c1-30-18-22(17-20-9-4-3-5-10-20)31-27(33)32-14-7-11-21(19-32)26(35-16-8-15-34-2)23-12-6-13-24(28)25(23)29/h6,12-13,20-22,26,30H,3-5,7-11,14-19H2,1-2H3,(H,31,33). The fourth-order valence-corrected chi connectivity index (χ4v) is 6.02. The van der Waals surface area contributed by atoms with Gasteiger partial charge in [-0.2, -0.15) is 0 Å². The topological polar surface area (TPSA) is 62.8 Å². The highest BCUT2D eigenvalue weighted by atomic mass is 35.5. The number of halogens is 2. The first-order valence-electron chi connectivity index (χ1n) is 13.3. The Hall–Kier alpha value is -1.05. The molecule has 2 N–H and O–H groups in total. The number of urea groups is 1. The van der Waals surface area contributed by atoms with Crippen molar-refractivity contribution in [1.82, 2.24) is 15.5 Å². The van der Waals surface area contributed by atoms with Crippen molar-refractivity contribution in [3.63, 3.8) is 0 Å². The Kier molecular flexibility index (Phi) is 12.4. The van der Waals surface area contributed by atoms with Crippen LogP contribution in [0.1, 0.15) is 69.5 Å². The van der Waals surface area contributed by atoms with Crippen LogP contribution in [0.25, 0.3) is 0 Å². The van der Waals surface area contributed by atoms with Gasteiger partial charge in [0, 0.05) is 57.5 Å². The van der Waals surface area contributed by atoms with Gasteiger partial charge in [0.1, 0.15) is 0 Å². The predicted octanol–water partition coefficient (Wildman–Crippen LogP) is 6.07. The van der Waals surface area contributed by atoms with Gasteiger partial charge in [0.2, 0.25) is 0 Å². The van der Waals surface area contributed by atoms with E-state index in [2.05, 4.69) is 10.6 Å². The van der Waals surface area contributed by atoms with Crippen molar-refractivity contribution < 1.29 is 14.3 Å². The predicted molar refractivity (Wildman–Crippen MR) is 143 cm³/mol. The summed E-state index contributed by atoms with van der Waals surface area (Å²) in [5, 5.41) is 7.66. The number of ether oxygens (including phenoxy) is 2. The monoisotopic (exact) mass is 527 g/mol. The number of carbonyl (C=O) groups is 1. The maximum Gasteiger partial charge on any atom is 0.317 e. The molecular weight excluding hydrogens is 485 g/mol. The molecule has 198 valence electrons. The van der Waals surface area contributed by atoms with Crippen LogP contribution in [0.3, 0.4) is 0 Å². The average Bonchev–Trinajstić information content (AvgIpc) is 2.87. The van der Waals surface area contributed by atoms with Crippen LogP contribution >= 0.6 is 23.2 Å². The van der Waals surface area contributed by atoms with Crippen LogP contribution in [0.4, 0.5) is 4.79 Å². The number of benzene rings is 1. The summed E-state index contributed by atoms with van der Waals surface area (Å²) in [7, 11) is 3.65. The van der Waals surface area contributed by atoms with Crippen LogP contribution in [-0.4, -0.2) is 64.0 Å². The molecule has 1 aliphatic heterocycles. The van der Waals surface area contributed by atoms with E-state index in [1.165, 1.54) is 32.1 Å². The number of piperidine rings is 1. The lowest BCUT2D eigenvalue weighted by molar-refractivity contribution is -0.0167. The summed E-state index contributed by atoms with van der Waals surface area (Å²) < 4.78 is 11.5. The molecule has 1 aliphatic carbocycles. The summed E-state index contributed by atoms with van der Waals surface area (Å²) >= 11 is 12.9.